The van der Waals surface area contributed by atoms with Crippen molar-refractivity contribution in [2.24, 2.45) is 0 Å². The highest BCUT2D eigenvalue weighted by atomic mass is 79.9. The third-order valence-corrected chi connectivity index (χ3v) is 2.98. The summed E-state index contributed by atoms with van der Waals surface area (Å²) in [6.45, 7) is 4.72. The van der Waals surface area contributed by atoms with E-state index >= 15 is 0 Å². The first-order valence-electron chi connectivity index (χ1n) is 6.25. The second-order valence-electron chi connectivity index (χ2n) is 4.51. The average molecular weight is 321 g/mol. The minimum Gasteiger partial charge on any atom is -0.473 e. The number of nitrogens with one attached hydrogen (secondary N) is 1. The van der Waals surface area contributed by atoms with Crippen molar-refractivity contribution < 1.29 is 4.74 Å². The van der Waals surface area contributed by atoms with Crippen molar-refractivity contribution in [3.05, 3.63) is 52.6 Å². The fourth-order valence-electron chi connectivity index (χ4n) is 1.69. The minimum atomic E-state index is 0.112. The summed E-state index contributed by atoms with van der Waals surface area (Å²) in [5.74, 6) is 0.646. The Bertz CT molecular complexity index is 543. The molecule has 3 nitrogen and oxygen atoms in total. The Hall–Kier alpha value is -1.55. The highest BCUT2D eigenvalue weighted by Gasteiger charge is 2.06. The molecule has 19 heavy (non-hydrogen) atoms. The van der Waals surface area contributed by atoms with Gasteiger partial charge < -0.3 is 10.1 Å². The Morgan fingerprint density at radius 1 is 1.26 bits per heavy atom. The van der Waals surface area contributed by atoms with E-state index in [1.165, 1.54) is 5.56 Å². The second kappa shape index (κ2) is 6.57. The third-order valence-electron chi connectivity index (χ3n) is 2.49. The summed E-state index contributed by atoms with van der Waals surface area (Å²) in [5.41, 5.74) is 2.12. The summed E-state index contributed by atoms with van der Waals surface area (Å²) in [5, 5.41) is 3.35. The lowest BCUT2D eigenvalue weighted by atomic mass is 10.2. The molecule has 1 aromatic heterocycles. The molecule has 2 aromatic rings. The molecule has 0 aliphatic rings. The van der Waals surface area contributed by atoms with E-state index in [9.17, 15) is 0 Å². The van der Waals surface area contributed by atoms with Gasteiger partial charge in [0.15, 0.2) is 0 Å². The number of pyridine rings is 1. The molecule has 0 spiro atoms. The number of nitrogens with zero attached hydrogens (tertiary/aromatic N) is 1. The van der Waals surface area contributed by atoms with Gasteiger partial charge in [0.2, 0.25) is 5.88 Å². The van der Waals surface area contributed by atoms with E-state index in [-0.39, 0.29) is 6.10 Å². The number of benzene rings is 1. The van der Waals surface area contributed by atoms with Gasteiger partial charge in [0, 0.05) is 17.2 Å². The van der Waals surface area contributed by atoms with Crippen LogP contribution < -0.4 is 10.1 Å². The summed E-state index contributed by atoms with van der Waals surface area (Å²) in [7, 11) is 0. The van der Waals surface area contributed by atoms with E-state index < -0.39 is 0 Å². The van der Waals surface area contributed by atoms with Crippen LogP contribution in [0.2, 0.25) is 0 Å². The number of rotatable bonds is 5. The predicted octanol–water partition coefficient (Wildman–Crippen LogP) is 4.24. The predicted molar refractivity (Wildman–Crippen MR) is 81.5 cm³/mol. The zero-order valence-electron chi connectivity index (χ0n) is 11.1. The van der Waals surface area contributed by atoms with Crippen LogP contribution in [0, 0.1) is 0 Å². The fourth-order valence-corrected chi connectivity index (χ4v) is 2.13. The van der Waals surface area contributed by atoms with E-state index in [0.717, 1.165) is 16.7 Å². The zero-order valence-corrected chi connectivity index (χ0v) is 12.6. The van der Waals surface area contributed by atoms with Crippen LogP contribution in [-0.4, -0.2) is 11.1 Å². The fraction of sp³-hybridized carbons (Fsp3) is 0.267. The van der Waals surface area contributed by atoms with Crippen LogP contribution in [0.15, 0.2) is 47.1 Å². The molecule has 0 unspecified atom stereocenters. The Morgan fingerprint density at radius 3 is 2.84 bits per heavy atom. The smallest absolute Gasteiger partial charge is 0.237 e. The largest absolute Gasteiger partial charge is 0.473 e. The molecule has 2 rings (SSSR count). The molecule has 100 valence electrons. The molecule has 1 heterocycles. The maximum atomic E-state index is 5.67. The molecule has 1 N–H and O–H groups in total. The lowest BCUT2D eigenvalue weighted by Crippen LogP contribution is -2.10. The molecule has 1 aromatic carbocycles. The van der Waals surface area contributed by atoms with Crippen molar-refractivity contribution in [2.45, 2.75) is 26.5 Å². The number of halogens is 1. The first-order chi connectivity index (χ1) is 9.15. The second-order valence-corrected chi connectivity index (χ2v) is 5.42. The van der Waals surface area contributed by atoms with Crippen molar-refractivity contribution in [1.29, 1.82) is 0 Å². The van der Waals surface area contributed by atoms with Gasteiger partial charge in [-0.1, -0.05) is 28.1 Å². The number of aromatic nitrogens is 1. The van der Waals surface area contributed by atoms with Gasteiger partial charge in [-0.05, 0) is 43.7 Å². The molecular formula is C15H17BrN2O. The van der Waals surface area contributed by atoms with Gasteiger partial charge in [-0.3, -0.25) is 0 Å². The van der Waals surface area contributed by atoms with Gasteiger partial charge >= 0.3 is 0 Å². The Labute approximate surface area is 122 Å². The molecule has 0 bridgehead atoms. The Kier molecular flexibility index (Phi) is 4.80. The Balaban J connectivity index is 2.07. The molecule has 4 heteroatoms. The van der Waals surface area contributed by atoms with Crippen LogP contribution >= 0.6 is 15.9 Å². The van der Waals surface area contributed by atoms with Crippen LogP contribution in [-0.2, 0) is 6.54 Å². The third kappa shape index (κ3) is 4.24. The molecule has 0 saturated heterocycles. The molecule has 0 fully saturated rings. The molecule has 0 aliphatic carbocycles. The summed E-state index contributed by atoms with van der Waals surface area (Å²) >= 11 is 3.47. The van der Waals surface area contributed by atoms with E-state index in [1.807, 2.05) is 38.1 Å². The normalized spacial score (nSPS) is 10.5. The van der Waals surface area contributed by atoms with Crippen molar-refractivity contribution in [3.63, 3.8) is 0 Å². The Morgan fingerprint density at radius 2 is 2.11 bits per heavy atom. The minimum absolute atomic E-state index is 0.112. The number of hydrogen-bond acceptors (Lipinski definition) is 3. The van der Waals surface area contributed by atoms with Gasteiger partial charge in [0.05, 0.1) is 11.8 Å². The molecular weight excluding hydrogens is 304 g/mol. The van der Waals surface area contributed by atoms with E-state index in [4.69, 9.17) is 4.74 Å². The summed E-state index contributed by atoms with van der Waals surface area (Å²) in [6, 6.07) is 12.1. The average Bonchev–Trinajstić information content (AvgIpc) is 2.37. The highest BCUT2D eigenvalue weighted by molar-refractivity contribution is 9.10. The quantitative estimate of drug-likeness (QED) is 0.894. The van der Waals surface area contributed by atoms with Crippen LogP contribution in [0.3, 0.4) is 0 Å². The molecule has 0 amide bonds. The van der Waals surface area contributed by atoms with E-state index in [1.54, 1.807) is 6.20 Å². The number of ether oxygens (including phenoxy) is 1. The first-order valence-corrected chi connectivity index (χ1v) is 7.04. The first kappa shape index (κ1) is 13.9. The van der Waals surface area contributed by atoms with Crippen molar-refractivity contribution in [1.82, 2.24) is 4.98 Å². The standard InChI is InChI=1S/C15H17BrN2O/c1-11(2)19-15-14(7-4-8-17-15)18-10-12-5-3-6-13(16)9-12/h3-9,11,18H,10H2,1-2H3. The van der Waals surface area contributed by atoms with Crippen molar-refractivity contribution >= 4 is 21.6 Å². The van der Waals surface area contributed by atoms with Crippen LogP contribution in [0.4, 0.5) is 5.69 Å². The monoisotopic (exact) mass is 320 g/mol. The van der Waals surface area contributed by atoms with Gasteiger partial charge in [-0.25, -0.2) is 4.98 Å². The lowest BCUT2D eigenvalue weighted by Gasteiger charge is -2.14. The van der Waals surface area contributed by atoms with Gasteiger partial charge in [0.1, 0.15) is 0 Å². The van der Waals surface area contributed by atoms with Crippen LogP contribution in [0.5, 0.6) is 5.88 Å². The van der Waals surface area contributed by atoms with Gasteiger partial charge in [-0.2, -0.15) is 0 Å². The molecule has 0 atom stereocenters. The highest BCUT2D eigenvalue weighted by Crippen LogP contribution is 2.22. The zero-order chi connectivity index (χ0) is 13.7. The van der Waals surface area contributed by atoms with Gasteiger partial charge in [0.25, 0.3) is 0 Å². The SMILES string of the molecule is CC(C)Oc1ncccc1NCc1cccc(Br)c1. The topological polar surface area (TPSA) is 34.1 Å². The maximum absolute atomic E-state index is 5.67. The molecule has 0 radical (unpaired) electrons. The number of anilines is 1. The molecule has 0 saturated carbocycles. The van der Waals surface area contributed by atoms with Crippen LogP contribution in [0.25, 0.3) is 0 Å². The van der Waals surface area contributed by atoms with E-state index in [2.05, 4.69) is 38.4 Å². The maximum Gasteiger partial charge on any atom is 0.237 e. The summed E-state index contributed by atoms with van der Waals surface area (Å²) in [6.07, 6.45) is 1.85. The summed E-state index contributed by atoms with van der Waals surface area (Å²) in [4.78, 5) is 4.25. The number of hydrogen-bond donors (Lipinski definition) is 1. The lowest BCUT2D eigenvalue weighted by molar-refractivity contribution is 0.234. The van der Waals surface area contributed by atoms with Crippen LogP contribution in [0.1, 0.15) is 19.4 Å². The molecule has 0 aliphatic heterocycles. The van der Waals surface area contributed by atoms with Crippen molar-refractivity contribution in [2.75, 3.05) is 5.32 Å². The van der Waals surface area contributed by atoms with Gasteiger partial charge in [-0.15, -0.1) is 0 Å². The summed E-state index contributed by atoms with van der Waals surface area (Å²) < 4.78 is 6.75. The van der Waals surface area contributed by atoms with E-state index in [0.29, 0.717) is 5.88 Å². The van der Waals surface area contributed by atoms with Crippen molar-refractivity contribution in [3.8, 4) is 5.88 Å².